The van der Waals surface area contributed by atoms with Crippen molar-refractivity contribution >= 4 is 11.8 Å². The first kappa shape index (κ1) is 10.2. The van der Waals surface area contributed by atoms with Gasteiger partial charge in [-0.3, -0.25) is 9.59 Å². The minimum atomic E-state index is -0.207. The molecular weight excluding hydrogens is 168 g/mol. The number of hydrogen-bond acceptors (Lipinski definition) is 3. The molecule has 0 aromatic heterocycles. The molecule has 0 amide bonds. The Bertz CT molecular complexity index is 220. The van der Waals surface area contributed by atoms with Crippen LogP contribution in [0.2, 0.25) is 0 Å². The van der Waals surface area contributed by atoms with Crippen LogP contribution in [-0.2, 0) is 14.3 Å². The maximum Gasteiger partial charge on any atom is 0.309 e. The van der Waals surface area contributed by atoms with Crippen molar-refractivity contribution in [2.24, 2.45) is 17.8 Å². The van der Waals surface area contributed by atoms with E-state index in [1.54, 1.807) is 6.92 Å². The van der Waals surface area contributed by atoms with Crippen LogP contribution in [0.4, 0.5) is 0 Å². The third kappa shape index (κ3) is 2.29. The van der Waals surface area contributed by atoms with Gasteiger partial charge >= 0.3 is 5.97 Å². The fourth-order valence-corrected chi connectivity index (χ4v) is 1.45. The second-order valence-corrected chi connectivity index (χ2v) is 3.76. The van der Waals surface area contributed by atoms with Gasteiger partial charge in [-0.05, 0) is 13.3 Å². The highest BCUT2D eigenvalue weighted by atomic mass is 16.5. The fourth-order valence-electron chi connectivity index (χ4n) is 1.45. The molecule has 1 rings (SSSR count). The van der Waals surface area contributed by atoms with Crippen molar-refractivity contribution in [2.45, 2.75) is 27.2 Å². The van der Waals surface area contributed by atoms with Crippen LogP contribution in [0.1, 0.15) is 27.2 Å². The number of esters is 1. The third-order valence-corrected chi connectivity index (χ3v) is 2.31. The van der Waals surface area contributed by atoms with E-state index in [1.807, 2.05) is 13.8 Å². The Morgan fingerprint density at radius 1 is 1.38 bits per heavy atom. The van der Waals surface area contributed by atoms with Gasteiger partial charge in [-0.2, -0.15) is 0 Å². The maximum absolute atomic E-state index is 11.4. The van der Waals surface area contributed by atoms with E-state index >= 15 is 0 Å². The summed E-state index contributed by atoms with van der Waals surface area (Å²) in [7, 11) is 0. The number of carbonyl (C=O) groups is 2. The molecule has 0 bridgehead atoms. The van der Waals surface area contributed by atoms with Gasteiger partial charge in [0.05, 0.1) is 12.5 Å². The molecule has 0 unspecified atom stereocenters. The summed E-state index contributed by atoms with van der Waals surface area (Å²) >= 11 is 0. The van der Waals surface area contributed by atoms with Gasteiger partial charge in [0.1, 0.15) is 5.78 Å². The lowest BCUT2D eigenvalue weighted by atomic mass is 10.0. The number of ether oxygens (including phenoxy) is 1. The predicted octanol–water partition coefficient (Wildman–Crippen LogP) is 1.41. The van der Waals surface area contributed by atoms with Crippen LogP contribution in [0.25, 0.3) is 0 Å². The zero-order valence-corrected chi connectivity index (χ0v) is 8.37. The van der Waals surface area contributed by atoms with E-state index in [9.17, 15) is 9.59 Å². The summed E-state index contributed by atoms with van der Waals surface area (Å²) in [5.74, 6) is -0.183. The monoisotopic (exact) mass is 184 g/mol. The van der Waals surface area contributed by atoms with E-state index in [1.165, 1.54) is 0 Å². The highest BCUT2D eigenvalue weighted by Gasteiger charge is 2.49. The second kappa shape index (κ2) is 3.90. The molecule has 0 heterocycles. The lowest BCUT2D eigenvalue weighted by Crippen LogP contribution is -2.15. The van der Waals surface area contributed by atoms with Gasteiger partial charge < -0.3 is 4.74 Å². The molecule has 0 saturated heterocycles. The van der Waals surface area contributed by atoms with Gasteiger partial charge in [-0.15, -0.1) is 0 Å². The molecule has 1 aliphatic rings. The Morgan fingerprint density at radius 2 is 2.00 bits per heavy atom. The average molecular weight is 184 g/mol. The van der Waals surface area contributed by atoms with Crippen LogP contribution >= 0.6 is 0 Å². The number of hydrogen-bond donors (Lipinski definition) is 0. The molecule has 0 radical (unpaired) electrons. The van der Waals surface area contributed by atoms with Crippen LogP contribution in [0.15, 0.2) is 0 Å². The van der Waals surface area contributed by atoms with Gasteiger partial charge in [0.15, 0.2) is 0 Å². The molecule has 0 spiro atoms. The quantitative estimate of drug-likeness (QED) is 0.620. The average Bonchev–Trinajstić information content (AvgIpc) is 2.82. The van der Waals surface area contributed by atoms with Crippen molar-refractivity contribution in [3.05, 3.63) is 0 Å². The Balaban J connectivity index is 2.37. The minimum absolute atomic E-state index is 0.0319. The maximum atomic E-state index is 11.4. The molecule has 1 saturated carbocycles. The summed E-state index contributed by atoms with van der Waals surface area (Å²) < 4.78 is 4.83. The zero-order chi connectivity index (χ0) is 10.0. The number of carbonyl (C=O) groups excluding carboxylic acids is 2. The van der Waals surface area contributed by atoms with E-state index in [0.717, 1.165) is 0 Å². The van der Waals surface area contributed by atoms with E-state index in [-0.39, 0.29) is 29.5 Å². The molecule has 0 aromatic carbocycles. The normalized spacial score (nSPS) is 25.8. The fraction of sp³-hybridized carbons (Fsp3) is 0.800. The first-order valence-corrected chi connectivity index (χ1v) is 4.78. The number of rotatable bonds is 4. The van der Waals surface area contributed by atoms with E-state index in [2.05, 4.69) is 0 Å². The molecular formula is C10H16O3. The molecule has 0 aliphatic heterocycles. The Hall–Kier alpha value is -0.860. The van der Waals surface area contributed by atoms with Crippen molar-refractivity contribution in [1.29, 1.82) is 0 Å². The van der Waals surface area contributed by atoms with Crippen LogP contribution in [-0.4, -0.2) is 18.4 Å². The lowest BCUT2D eigenvalue weighted by Gasteiger charge is -2.02. The van der Waals surface area contributed by atoms with Crippen molar-refractivity contribution in [1.82, 2.24) is 0 Å². The largest absolute Gasteiger partial charge is 0.466 e. The van der Waals surface area contributed by atoms with Crippen molar-refractivity contribution in [3.8, 4) is 0 Å². The number of ketones is 1. The van der Waals surface area contributed by atoms with Crippen molar-refractivity contribution < 1.29 is 14.3 Å². The summed E-state index contributed by atoms with van der Waals surface area (Å²) in [6.07, 6.45) is 0.690. The first-order valence-electron chi connectivity index (χ1n) is 4.78. The van der Waals surface area contributed by atoms with Crippen molar-refractivity contribution in [3.63, 3.8) is 0 Å². The molecule has 74 valence electrons. The summed E-state index contributed by atoms with van der Waals surface area (Å²) in [5, 5.41) is 0. The van der Waals surface area contributed by atoms with Gasteiger partial charge in [0.25, 0.3) is 0 Å². The second-order valence-electron chi connectivity index (χ2n) is 3.76. The molecule has 1 aliphatic carbocycles. The molecule has 1 fully saturated rings. The van der Waals surface area contributed by atoms with Gasteiger partial charge in [0, 0.05) is 11.8 Å². The van der Waals surface area contributed by atoms with E-state index in [4.69, 9.17) is 4.74 Å². The molecule has 3 heteroatoms. The smallest absolute Gasteiger partial charge is 0.309 e. The van der Waals surface area contributed by atoms with Gasteiger partial charge in [-0.1, -0.05) is 13.8 Å². The van der Waals surface area contributed by atoms with Crippen LogP contribution in [0.3, 0.4) is 0 Å². The summed E-state index contributed by atoms with van der Waals surface area (Å²) in [4.78, 5) is 22.6. The standard InChI is InChI=1S/C10H16O3/c1-4-13-10(12)8-5-7(8)9(11)6(2)3/h6-8H,4-5H2,1-3H3/t7-,8-/m0/s1. The van der Waals surface area contributed by atoms with Gasteiger partial charge in [0.2, 0.25) is 0 Å². The van der Waals surface area contributed by atoms with Crippen LogP contribution in [0.5, 0.6) is 0 Å². The lowest BCUT2D eigenvalue weighted by molar-refractivity contribution is -0.146. The molecule has 3 nitrogen and oxygen atoms in total. The highest BCUT2D eigenvalue weighted by Crippen LogP contribution is 2.41. The summed E-state index contributed by atoms with van der Waals surface area (Å²) in [6.45, 7) is 5.91. The topological polar surface area (TPSA) is 43.4 Å². The van der Waals surface area contributed by atoms with Crippen LogP contribution in [0, 0.1) is 17.8 Å². The summed E-state index contributed by atoms with van der Waals surface area (Å²) in [5.41, 5.74) is 0. The molecule has 2 atom stereocenters. The molecule has 0 aromatic rings. The predicted molar refractivity (Wildman–Crippen MR) is 48.1 cm³/mol. The highest BCUT2D eigenvalue weighted by molar-refractivity contribution is 5.92. The van der Waals surface area contributed by atoms with Crippen molar-refractivity contribution in [2.75, 3.05) is 6.61 Å². The van der Waals surface area contributed by atoms with E-state index in [0.29, 0.717) is 13.0 Å². The molecule has 0 N–H and O–H groups in total. The molecule has 13 heavy (non-hydrogen) atoms. The summed E-state index contributed by atoms with van der Waals surface area (Å²) in [6, 6.07) is 0. The van der Waals surface area contributed by atoms with Crippen LogP contribution < -0.4 is 0 Å². The zero-order valence-electron chi connectivity index (χ0n) is 8.37. The van der Waals surface area contributed by atoms with E-state index < -0.39 is 0 Å². The number of Topliss-reactive ketones (excluding diaryl/α,β-unsaturated/α-hetero) is 1. The Kier molecular flexibility index (Phi) is 3.07. The minimum Gasteiger partial charge on any atom is -0.466 e. The third-order valence-electron chi connectivity index (χ3n) is 2.31. The Morgan fingerprint density at radius 3 is 2.46 bits per heavy atom. The van der Waals surface area contributed by atoms with Gasteiger partial charge in [-0.25, -0.2) is 0 Å². The Labute approximate surface area is 78.5 Å². The SMILES string of the molecule is CCOC(=O)[C@H]1C[C@@H]1C(=O)C(C)C. The first-order chi connectivity index (χ1) is 6.07.